The molecule has 1 saturated carbocycles. The molecule has 0 bridgehead atoms. The second-order valence-corrected chi connectivity index (χ2v) is 5.87. The Hall–Kier alpha value is -2.36. The summed E-state index contributed by atoms with van der Waals surface area (Å²) in [6, 6.07) is 14.3. The van der Waals surface area contributed by atoms with Gasteiger partial charge in [-0.15, -0.1) is 0 Å². The third-order valence-electron chi connectivity index (χ3n) is 4.08. The summed E-state index contributed by atoms with van der Waals surface area (Å²) in [6.45, 7) is 0.455. The molecule has 0 saturated heterocycles. The Bertz CT molecular complexity index is 697. The summed E-state index contributed by atoms with van der Waals surface area (Å²) < 4.78 is 18.7. The van der Waals surface area contributed by atoms with E-state index in [1.54, 1.807) is 13.2 Å². The highest BCUT2D eigenvalue weighted by Crippen LogP contribution is 2.30. The normalized spacial score (nSPS) is 13.7. The lowest BCUT2D eigenvalue weighted by Crippen LogP contribution is -2.33. The molecule has 0 spiro atoms. The second kappa shape index (κ2) is 6.82. The SMILES string of the molecule is COc1ccccc1CC(=O)N(Cc1cccc(F)c1)C1CC1. The largest absolute Gasteiger partial charge is 0.496 e. The number of nitrogens with zero attached hydrogens (tertiary/aromatic N) is 1. The fraction of sp³-hybridized carbons (Fsp3) is 0.316. The predicted octanol–water partition coefficient (Wildman–Crippen LogP) is 3.57. The van der Waals surface area contributed by atoms with Crippen molar-refractivity contribution in [2.75, 3.05) is 7.11 Å². The molecule has 0 atom stereocenters. The van der Waals surface area contributed by atoms with Crippen molar-refractivity contribution in [3.8, 4) is 5.75 Å². The molecular formula is C19H20FNO2. The van der Waals surface area contributed by atoms with Gasteiger partial charge in [0.1, 0.15) is 11.6 Å². The van der Waals surface area contributed by atoms with Crippen LogP contribution < -0.4 is 4.74 Å². The van der Waals surface area contributed by atoms with Crippen LogP contribution in [0.15, 0.2) is 48.5 Å². The molecule has 0 aromatic heterocycles. The molecule has 0 unspecified atom stereocenters. The predicted molar refractivity (Wildman–Crippen MR) is 86.7 cm³/mol. The van der Waals surface area contributed by atoms with Gasteiger partial charge in [-0.25, -0.2) is 4.39 Å². The second-order valence-electron chi connectivity index (χ2n) is 5.87. The number of hydrogen-bond donors (Lipinski definition) is 0. The van der Waals surface area contributed by atoms with Crippen LogP contribution in [0.4, 0.5) is 4.39 Å². The minimum atomic E-state index is -0.268. The van der Waals surface area contributed by atoms with E-state index in [0.29, 0.717) is 13.0 Å². The van der Waals surface area contributed by atoms with E-state index < -0.39 is 0 Å². The number of hydrogen-bond acceptors (Lipinski definition) is 2. The van der Waals surface area contributed by atoms with Gasteiger partial charge in [0.05, 0.1) is 13.5 Å². The zero-order valence-electron chi connectivity index (χ0n) is 13.2. The van der Waals surface area contributed by atoms with Crippen molar-refractivity contribution in [2.24, 2.45) is 0 Å². The van der Waals surface area contributed by atoms with Crippen LogP contribution in [0.1, 0.15) is 24.0 Å². The zero-order valence-corrected chi connectivity index (χ0v) is 13.2. The fourth-order valence-corrected chi connectivity index (χ4v) is 2.75. The van der Waals surface area contributed by atoms with E-state index in [4.69, 9.17) is 4.74 Å². The highest BCUT2D eigenvalue weighted by atomic mass is 19.1. The molecule has 0 heterocycles. The van der Waals surface area contributed by atoms with Crippen molar-refractivity contribution in [1.82, 2.24) is 4.90 Å². The van der Waals surface area contributed by atoms with Crippen molar-refractivity contribution < 1.29 is 13.9 Å². The van der Waals surface area contributed by atoms with Gasteiger partial charge >= 0.3 is 0 Å². The maximum absolute atomic E-state index is 13.4. The van der Waals surface area contributed by atoms with Gasteiger partial charge in [0.2, 0.25) is 5.91 Å². The van der Waals surface area contributed by atoms with Gasteiger partial charge in [-0.2, -0.15) is 0 Å². The first-order chi connectivity index (χ1) is 11.2. The monoisotopic (exact) mass is 313 g/mol. The standard InChI is InChI=1S/C19H20FNO2/c1-23-18-8-3-2-6-15(18)12-19(22)21(17-9-10-17)13-14-5-4-7-16(20)11-14/h2-8,11,17H,9-10,12-13H2,1H3. The summed E-state index contributed by atoms with van der Waals surface area (Å²) >= 11 is 0. The molecule has 1 amide bonds. The number of carbonyl (C=O) groups is 1. The van der Waals surface area contributed by atoms with Crippen molar-refractivity contribution in [3.05, 3.63) is 65.5 Å². The molecular weight excluding hydrogens is 293 g/mol. The number of para-hydroxylation sites is 1. The van der Waals surface area contributed by atoms with Crippen LogP contribution in [-0.2, 0) is 17.8 Å². The summed E-state index contributed by atoms with van der Waals surface area (Å²) in [5.74, 6) is 0.513. The van der Waals surface area contributed by atoms with Crippen LogP contribution in [-0.4, -0.2) is 24.0 Å². The quantitative estimate of drug-likeness (QED) is 0.816. The van der Waals surface area contributed by atoms with Crippen molar-refractivity contribution in [2.45, 2.75) is 31.8 Å². The third-order valence-corrected chi connectivity index (χ3v) is 4.08. The highest BCUT2D eigenvalue weighted by Gasteiger charge is 2.32. The van der Waals surface area contributed by atoms with E-state index in [9.17, 15) is 9.18 Å². The summed E-state index contributed by atoms with van der Waals surface area (Å²) in [5, 5.41) is 0. The Labute approximate surface area is 135 Å². The molecule has 120 valence electrons. The molecule has 0 N–H and O–H groups in total. The average molecular weight is 313 g/mol. The van der Waals surface area contributed by atoms with Gasteiger partial charge in [-0.3, -0.25) is 4.79 Å². The van der Waals surface area contributed by atoms with Crippen LogP contribution >= 0.6 is 0 Å². The maximum atomic E-state index is 13.4. The van der Waals surface area contributed by atoms with E-state index in [1.807, 2.05) is 35.2 Å². The minimum Gasteiger partial charge on any atom is -0.496 e. The zero-order chi connectivity index (χ0) is 16.2. The van der Waals surface area contributed by atoms with E-state index in [2.05, 4.69) is 0 Å². The number of benzene rings is 2. The lowest BCUT2D eigenvalue weighted by Gasteiger charge is -2.23. The molecule has 23 heavy (non-hydrogen) atoms. The van der Waals surface area contributed by atoms with Gasteiger partial charge in [-0.05, 0) is 36.6 Å². The van der Waals surface area contributed by atoms with Gasteiger partial charge < -0.3 is 9.64 Å². The Morgan fingerprint density at radius 3 is 2.70 bits per heavy atom. The number of ether oxygens (including phenoxy) is 1. The summed E-state index contributed by atoms with van der Waals surface area (Å²) in [6.07, 6.45) is 2.34. The summed E-state index contributed by atoms with van der Waals surface area (Å²) in [5.41, 5.74) is 1.70. The first-order valence-electron chi connectivity index (χ1n) is 7.83. The average Bonchev–Trinajstić information content (AvgIpc) is 3.38. The first-order valence-corrected chi connectivity index (χ1v) is 7.83. The molecule has 2 aromatic carbocycles. The third kappa shape index (κ3) is 3.89. The van der Waals surface area contributed by atoms with E-state index in [-0.39, 0.29) is 17.8 Å². The van der Waals surface area contributed by atoms with Crippen molar-refractivity contribution >= 4 is 5.91 Å². The van der Waals surface area contributed by atoms with Crippen LogP contribution in [0.3, 0.4) is 0 Å². The first kappa shape index (κ1) is 15.5. The Morgan fingerprint density at radius 2 is 2.00 bits per heavy atom. The molecule has 1 aliphatic rings. The Kier molecular flexibility index (Phi) is 4.60. The van der Waals surface area contributed by atoms with Crippen LogP contribution in [0.25, 0.3) is 0 Å². The molecule has 0 radical (unpaired) electrons. The number of amides is 1. The van der Waals surface area contributed by atoms with E-state index in [1.165, 1.54) is 12.1 Å². The molecule has 1 fully saturated rings. The molecule has 3 rings (SSSR count). The van der Waals surface area contributed by atoms with Crippen LogP contribution in [0.2, 0.25) is 0 Å². The molecule has 2 aromatic rings. The Morgan fingerprint density at radius 1 is 1.22 bits per heavy atom. The molecule has 4 heteroatoms. The number of rotatable bonds is 6. The number of halogens is 1. The lowest BCUT2D eigenvalue weighted by atomic mass is 10.1. The highest BCUT2D eigenvalue weighted by molar-refractivity contribution is 5.80. The van der Waals surface area contributed by atoms with Gasteiger partial charge in [0, 0.05) is 18.2 Å². The lowest BCUT2D eigenvalue weighted by molar-refractivity contribution is -0.131. The van der Waals surface area contributed by atoms with Gasteiger partial charge in [0.15, 0.2) is 0 Å². The van der Waals surface area contributed by atoms with Crippen LogP contribution in [0, 0.1) is 5.82 Å². The minimum absolute atomic E-state index is 0.0567. The van der Waals surface area contributed by atoms with Crippen molar-refractivity contribution in [3.63, 3.8) is 0 Å². The fourth-order valence-electron chi connectivity index (χ4n) is 2.75. The summed E-state index contributed by atoms with van der Waals surface area (Å²) in [4.78, 5) is 14.6. The number of methoxy groups -OCH3 is 1. The van der Waals surface area contributed by atoms with Gasteiger partial charge in [-0.1, -0.05) is 30.3 Å². The van der Waals surface area contributed by atoms with Crippen molar-refractivity contribution in [1.29, 1.82) is 0 Å². The Balaban J connectivity index is 1.74. The van der Waals surface area contributed by atoms with E-state index >= 15 is 0 Å². The summed E-state index contributed by atoms with van der Waals surface area (Å²) in [7, 11) is 1.61. The number of carbonyl (C=O) groups excluding carboxylic acids is 1. The smallest absolute Gasteiger partial charge is 0.227 e. The van der Waals surface area contributed by atoms with Gasteiger partial charge in [0.25, 0.3) is 0 Å². The van der Waals surface area contributed by atoms with E-state index in [0.717, 1.165) is 29.7 Å². The maximum Gasteiger partial charge on any atom is 0.227 e. The topological polar surface area (TPSA) is 29.5 Å². The van der Waals surface area contributed by atoms with Crippen LogP contribution in [0.5, 0.6) is 5.75 Å². The molecule has 0 aliphatic heterocycles. The molecule has 3 nitrogen and oxygen atoms in total. The molecule has 1 aliphatic carbocycles.